The van der Waals surface area contributed by atoms with Gasteiger partial charge in [-0.2, -0.15) is 0 Å². The first kappa shape index (κ1) is 21.4. The molecule has 4 aromatic rings. The number of aromatic nitrogens is 5. The van der Waals surface area contributed by atoms with Crippen molar-refractivity contribution in [1.82, 2.24) is 29.8 Å². The zero-order chi connectivity index (χ0) is 23.4. The van der Waals surface area contributed by atoms with Gasteiger partial charge in [0, 0.05) is 46.0 Å². The van der Waals surface area contributed by atoms with Gasteiger partial charge in [-0.1, -0.05) is 23.7 Å². The van der Waals surface area contributed by atoms with Crippen LogP contribution in [0.3, 0.4) is 0 Å². The van der Waals surface area contributed by atoms with Crippen molar-refractivity contribution >= 4 is 22.6 Å². The number of hydrogen-bond acceptors (Lipinski definition) is 6. The minimum atomic E-state index is -0.0699. The molecule has 0 bridgehead atoms. The SMILES string of the molecule is Cc1cncc(-c2ccc(-c3cc4cnc(C)nc4n(CCC4[C@H]5CNC[C@@H]45)c3=O)c(Cl)c2)n1. The molecule has 0 spiro atoms. The highest BCUT2D eigenvalue weighted by Crippen LogP contribution is 2.50. The van der Waals surface area contributed by atoms with Gasteiger partial charge in [-0.3, -0.25) is 14.3 Å². The van der Waals surface area contributed by atoms with Gasteiger partial charge in [-0.15, -0.1) is 0 Å². The van der Waals surface area contributed by atoms with Gasteiger partial charge in [-0.05, 0) is 63.2 Å². The van der Waals surface area contributed by atoms with Crippen LogP contribution < -0.4 is 10.9 Å². The Morgan fingerprint density at radius 3 is 2.65 bits per heavy atom. The number of piperidine rings is 1. The van der Waals surface area contributed by atoms with Gasteiger partial charge in [0.05, 0.1) is 17.6 Å². The molecule has 7 nitrogen and oxygen atoms in total. The lowest BCUT2D eigenvalue weighted by atomic mass is 10.0. The fourth-order valence-electron chi connectivity index (χ4n) is 5.39. The highest BCUT2D eigenvalue weighted by atomic mass is 35.5. The summed E-state index contributed by atoms with van der Waals surface area (Å²) in [5.74, 6) is 2.86. The van der Waals surface area contributed by atoms with Crippen LogP contribution >= 0.6 is 11.6 Å². The molecule has 1 aliphatic carbocycles. The van der Waals surface area contributed by atoms with Crippen LogP contribution in [-0.4, -0.2) is 37.6 Å². The molecule has 6 rings (SSSR count). The molecule has 3 aromatic heterocycles. The number of nitrogens with zero attached hydrogens (tertiary/aromatic N) is 5. The quantitative estimate of drug-likeness (QED) is 0.471. The van der Waals surface area contributed by atoms with Crippen LogP contribution in [-0.2, 0) is 6.54 Å². The monoisotopic (exact) mass is 472 g/mol. The molecule has 2 fully saturated rings. The zero-order valence-electron chi connectivity index (χ0n) is 19.1. The Labute approximate surface area is 202 Å². The number of aryl methyl sites for hydroxylation is 3. The van der Waals surface area contributed by atoms with E-state index < -0.39 is 0 Å². The molecule has 1 N–H and O–H groups in total. The first-order valence-corrected chi connectivity index (χ1v) is 12.0. The molecule has 1 saturated heterocycles. The van der Waals surface area contributed by atoms with Crippen molar-refractivity contribution in [1.29, 1.82) is 0 Å². The van der Waals surface area contributed by atoms with Gasteiger partial charge in [-0.25, -0.2) is 15.0 Å². The lowest BCUT2D eigenvalue weighted by Gasteiger charge is -2.14. The highest BCUT2D eigenvalue weighted by Gasteiger charge is 2.51. The van der Waals surface area contributed by atoms with Crippen LogP contribution in [0.4, 0.5) is 0 Å². The summed E-state index contributed by atoms with van der Waals surface area (Å²) in [5.41, 5.74) is 4.31. The third-order valence-electron chi connectivity index (χ3n) is 7.21. The van der Waals surface area contributed by atoms with E-state index in [4.69, 9.17) is 11.6 Å². The lowest BCUT2D eigenvalue weighted by molar-refractivity contribution is 0.510. The summed E-state index contributed by atoms with van der Waals surface area (Å²) in [6.45, 7) is 6.59. The molecule has 1 aromatic carbocycles. The van der Waals surface area contributed by atoms with E-state index in [9.17, 15) is 4.79 Å². The number of benzene rings is 1. The van der Waals surface area contributed by atoms with E-state index in [1.54, 1.807) is 18.6 Å². The van der Waals surface area contributed by atoms with Crippen LogP contribution in [0.1, 0.15) is 17.9 Å². The van der Waals surface area contributed by atoms with Crippen molar-refractivity contribution in [3.8, 4) is 22.4 Å². The van der Waals surface area contributed by atoms with E-state index in [2.05, 4.69) is 25.3 Å². The standard InChI is InChI=1S/C26H25ClN6O/c1-14-9-28-13-24(31-14)16-3-4-19(23(27)8-16)20-7-17-10-30-15(2)32-25(17)33(26(20)34)6-5-18-21-11-29-12-22(18)21/h3-4,7-10,13,18,21-22,29H,5-6,11-12H2,1-2H3/t18?,21-,22+. The molecule has 3 atom stereocenters. The summed E-state index contributed by atoms with van der Waals surface area (Å²) < 4.78 is 1.82. The minimum absolute atomic E-state index is 0.0699. The van der Waals surface area contributed by atoms with Crippen molar-refractivity contribution in [2.45, 2.75) is 26.8 Å². The summed E-state index contributed by atoms with van der Waals surface area (Å²) >= 11 is 6.72. The van der Waals surface area contributed by atoms with E-state index in [0.29, 0.717) is 40.1 Å². The molecule has 0 amide bonds. The van der Waals surface area contributed by atoms with Gasteiger partial charge in [0.25, 0.3) is 5.56 Å². The fraction of sp³-hybridized carbons (Fsp3) is 0.346. The number of nitrogens with one attached hydrogen (secondary N) is 1. The topological polar surface area (TPSA) is 85.6 Å². The van der Waals surface area contributed by atoms with Crippen molar-refractivity contribution in [2.75, 3.05) is 13.1 Å². The maximum atomic E-state index is 13.7. The van der Waals surface area contributed by atoms with Gasteiger partial charge >= 0.3 is 0 Å². The van der Waals surface area contributed by atoms with Gasteiger partial charge in [0.1, 0.15) is 11.5 Å². The Morgan fingerprint density at radius 2 is 1.88 bits per heavy atom. The summed E-state index contributed by atoms with van der Waals surface area (Å²) in [4.78, 5) is 31.5. The van der Waals surface area contributed by atoms with Gasteiger partial charge in [0.15, 0.2) is 0 Å². The summed E-state index contributed by atoms with van der Waals surface area (Å²) in [6.07, 6.45) is 6.20. The molecule has 4 heterocycles. The molecular formula is C26H25ClN6O. The number of rotatable bonds is 5. The van der Waals surface area contributed by atoms with E-state index in [-0.39, 0.29) is 5.56 Å². The van der Waals surface area contributed by atoms with Gasteiger partial charge in [0.2, 0.25) is 0 Å². The second-order valence-corrected chi connectivity index (χ2v) is 9.80. The normalized spacial score (nSPS) is 21.1. The Balaban J connectivity index is 1.41. The molecule has 0 radical (unpaired) electrons. The van der Waals surface area contributed by atoms with Crippen molar-refractivity contribution in [2.24, 2.45) is 17.8 Å². The lowest BCUT2D eigenvalue weighted by Crippen LogP contribution is -2.24. The second kappa shape index (κ2) is 8.25. The predicted octanol–water partition coefficient (Wildman–Crippen LogP) is 4.04. The Hall–Kier alpha value is -3.16. The van der Waals surface area contributed by atoms with Crippen molar-refractivity contribution in [3.05, 3.63) is 69.8 Å². The average Bonchev–Trinajstić information content (AvgIpc) is 3.24. The third kappa shape index (κ3) is 3.69. The Kier molecular flexibility index (Phi) is 5.19. The van der Waals surface area contributed by atoms with Crippen LogP contribution in [0.25, 0.3) is 33.4 Å². The third-order valence-corrected chi connectivity index (χ3v) is 7.53. The molecule has 34 heavy (non-hydrogen) atoms. The molecule has 1 unspecified atom stereocenters. The Morgan fingerprint density at radius 1 is 1.06 bits per heavy atom. The van der Waals surface area contributed by atoms with Crippen LogP contribution in [0.5, 0.6) is 0 Å². The second-order valence-electron chi connectivity index (χ2n) is 9.39. The Bertz CT molecular complexity index is 1470. The minimum Gasteiger partial charge on any atom is -0.316 e. The van der Waals surface area contributed by atoms with Crippen molar-refractivity contribution in [3.63, 3.8) is 0 Å². The molecule has 1 saturated carbocycles. The first-order valence-electron chi connectivity index (χ1n) is 11.7. The van der Waals surface area contributed by atoms with Crippen molar-refractivity contribution < 1.29 is 0 Å². The number of hydrogen-bond donors (Lipinski definition) is 1. The summed E-state index contributed by atoms with van der Waals surface area (Å²) in [5, 5.41) is 4.78. The van der Waals surface area contributed by atoms with E-state index in [0.717, 1.165) is 53.7 Å². The molecular weight excluding hydrogens is 448 g/mol. The zero-order valence-corrected chi connectivity index (χ0v) is 19.9. The molecule has 2 aliphatic rings. The van der Waals surface area contributed by atoms with Crippen LogP contribution in [0.2, 0.25) is 5.02 Å². The maximum absolute atomic E-state index is 13.7. The summed E-state index contributed by atoms with van der Waals surface area (Å²) in [6, 6.07) is 7.53. The van der Waals surface area contributed by atoms with Crippen LogP contribution in [0.15, 0.2) is 47.7 Å². The molecule has 1 aliphatic heterocycles. The van der Waals surface area contributed by atoms with Crippen LogP contribution in [0, 0.1) is 31.6 Å². The van der Waals surface area contributed by atoms with E-state index in [1.807, 2.05) is 42.7 Å². The first-order chi connectivity index (χ1) is 16.5. The molecule has 172 valence electrons. The fourth-order valence-corrected chi connectivity index (χ4v) is 5.68. The largest absolute Gasteiger partial charge is 0.316 e. The number of halogens is 1. The average molecular weight is 473 g/mol. The van der Waals surface area contributed by atoms with E-state index in [1.165, 1.54) is 0 Å². The number of fused-ring (bicyclic) bond motifs is 2. The van der Waals surface area contributed by atoms with Gasteiger partial charge < -0.3 is 5.32 Å². The predicted molar refractivity (Wildman–Crippen MR) is 133 cm³/mol. The highest BCUT2D eigenvalue weighted by molar-refractivity contribution is 6.33. The maximum Gasteiger partial charge on any atom is 0.260 e. The van der Waals surface area contributed by atoms with E-state index >= 15 is 0 Å². The number of pyridine rings is 1. The smallest absolute Gasteiger partial charge is 0.260 e. The molecule has 8 heteroatoms. The summed E-state index contributed by atoms with van der Waals surface area (Å²) in [7, 11) is 0.